The number of benzene rings is 1. The number of hydrogen-bond acceptors (Lipinski definition) is 3. The van der Waals surface area contributed by atoms with E-state index in [2.05, 4.69) is 5.32 Å². The van der Waals surface area contributed by atoms with E-state index >= 15 is 0 Å². The average molecular weight is 321 g/mol. The van der Waals surface area contributed by atoms with Crippen molar-refractivity contribution in [3.05, 3.63) is 24.3 Å². The predicted molar refractivity (Wildman–Crippen MR) is 78.8 cm³/mol. The number of alkyl halides is 3. The van der Waals surface area contributed by atoms with Crippen LogP contribution in [0.4, 0.5) is 18.9 Å². The Hall–Kier alpha value is -1.37. The Bertz CT molecular complexity index is 484. The van der Waals surface area contributed by atoms with E-state index in [0.717, 1.165) is 0 Å². The SMILES string of the molecule is CC(C)(C)SCC(=O)Nc1ccccc1OCC(F)(F)F. The lowest BCUT2D eigenvalue weighted by Crippen LogP contribution is -2.21. The van der Waals surface area contributed by atoms with Crippen molar-refractivity contribution in [3.8, 4) is 5.75 Å². The number of thioether (sulfide) groups is 1. The van der Waals surface area contributed by atoms with Crippen LogP contribution in [0.25, 0.3) is 0 Å². The van der Waals surface area contributed by atoms with Gasteiger partial charge >= 0.3 is 6.18 Å². The molecule has 0 aliphatic carbocycles. The molecule has 0 spiro atoms. The first-order valence-corrected chi connectivity index (χ1v) is 7.28. The minimum absolute atomic E-state index is 0.00364. The Balaban J connectivity index is 2.64. The molecular weight excluding hydrogens is 303 g/mol. The van der Waals surface area contributed by atoms with Crippen LogP contribution < -0.4 is 10.1 Å². The van der Waals surface area contributed by atoms with E-state index in [1.54, 1.807) is 12.1 Å². The van der Waals surface area contributed by atoms with Crippen molar-refractivity contribution in [2.45, 2.75) is 31.7 Å². The molecule has 1 aromatic carbocycles. The number of hydrogen-bond donors (Lipinski definition) is 1. The van der Waals surface area contributed by atoms with Crippen molar-refractivity contribution in [2.75, 3.05) is 17.7 Å². The lowest BCUT2D eigenvalue weighted by molar-refractivity contribution is -0.153. The van der Waals surface area contributed by atoms with Gasteiger partial charge in [-0.25, -0.2) is 0 Å². The second-order valence-electron chi connectivity index (χ2n) is 5.35. The van der Waals surface area contributed by atoms with Crippen LogP contribution in [-0.4, -0.2) is 29.2 Å². The molecule has 0 unspecified atom stereocenters. The quantitative estimate of drug-likeness (QED) is 0.887. The molecule has 3 nitrogen and oxygen atoms in total. The highest BCUT2D eigenvalue weighted by atomic mass is 32.2. The maximum Gasteiger partial charge on any atom is 0.422 e. The van der Waals surface area contributed by atoms with Crippen LogP contribution >= 0.6 is 11.8 Å². The zero-order valence-electron chi connectivity index (χ0n) is 12.1. The minimum atomic E-state index is -4.42. The summed E-state index contributed by atoms with van der Waals surface area (Å²) in [6.07, 6.45) is -4.42. The fourth-order valence-corrected chi connectivity index (χ4v) is 1.96. The number of anilines is 1. The smallest absolute Gasteiger partial charge is 0.422 e. The van der Waals surface area contributed by atoms with E-state index in [1.165, 1.54) is 23.9 Å². The van der Waals surface area contributed by atoms with Crippen LogP contribution in [0, 0.1) is 0 Å². The Morgan fingerprint density at radius 2 is 1.86 bits per heavy atom. The summed E-state index contributed by atoms with van der Waals surface area (Å²) in [6, 6.07) is 6.06. The van der Waals surface area contributed by atoms with Gasteiger partial charge in [0.15, 0.2) is 6.61 Å². The minimum Gasteiger partial charge on any atom is -0.482 e. The van der Waals surface area contributed by atoms with E-state index in [1.807, 2.05) is 20.8 Å². The van der Waals surface area contributed by atoms with Gasteiger partial charge in [0.25, 0.3) is 0 Å². The van der Waals surface area contributed by atoms with Crippen molar-refractivity contribution in [1.82, 2.24) is 0 Å². The lowest BCUT2D eigenvalue weighted by Gasteiger charge is -2.18. The highest BCUT2D eigenvalue weighted by Gasteiger charge is 2.28. The third kappa shape index (κ3) is 7.84. The van der Waals surface area contributed by atoms with Crippen LogP contribution in [0.5, 0.6) is 5.75 Å². The molecule has 0 aliphatic heterocycles. The number of nitrogens with one attached hydrogen (secondary N) is 1. The summed E-state index contributed by atoms with van der Waals surface area (Å²) in [5, 5.41) is 2.57. The molecule has 0 saturated carbocycles. The highest BCUT2D eigenvalue weighted by molar-refractivity contribution is 8.01. The largest absolute Gasteiger partial charge is 0.482 e. The second kappa shape index (κ2) is 7.06. The summed E-state index contributed by atoms with van der Waals surface area (Å²) >= 11 is 1.45. The van der Waals surface area contributed by atoms with Gasteiger partial charge in [-0.2, -0.15) is 13.2 Å². The average Bonchev–Trinajstić information content (AvgIpc) is 2.33. The van der Waals surface area contributed by atoms with Gasteiger partial charge in [-0.1, -0.05) is 32.9 Å². The maximum absolute atomic E-state index is 12.2. The number of halogens is 3. The Labute approximate surface area is 126 Å². The zero-order chi connectivity index (χ0) is 16.1. The summed E-state index contributed by atoms with van der Waals surface area (Å²) in [4.78, 5) is 11.8. The molecule has 1 N–H and O–H groups in total. The van der Waals surface area contributed by atoms with Crippen LogP contribution in [0.15, 0.2) is 24.3 Å². The summed E-state index contributed by atoms with van der Waals surface area (Å²) in [5.74, 6) is -0.0567. The van der Waals surface area contributed by atoms with Crippen molar-refractivity contribution < 1.29 is 22.7 Å². The lowest BCUT2D eigenvalue weighted by atomic mass is 10.3. The van der Waals surface area contributed by atoms with Crippen LogP contribution in [0.3, 0.4) is 0 Å². The van der Waals surface area contributed by atoms with Gasteiger partial charge in [-0.3, -0.25) is 4.79 Å². The normalized spacial score (nSPS) is 12.1. The fraction of sp³-hybridized carbons (Fsp3) is 0.500. The van der Waals surface area contributed by atoms with E-state index in [9.17, 15) is 18.0 Å². The second-order valence-corrected chi connectivity index (χ2v) is 7.15. The molecule has 21 heavy (non-hydrogen) atoms. The number of amides is 1. The molecule has 0 bridgehead atoms. The molecule has 0 heterocycles. The molecule has 0 radical (unpaired) electrons. The monoisotopic (exact) mass is 321 g/mol. The topological polar surface area (TPSA) is 38.3 Å². The molecule has 1 aromatic rings. The number of carbonyl (C=O) groups excluding carboxylic acids is 1. The third-order valence-corrected chi connectivity index (χ3v) is 3.46. The van der Waals surface area contributed by atoms with Crippen molar-refractivity contribution in [3.63, 3.8) is 0 Å². The maximum atomic E-state index is 12.2. The van der Waals surface area contributed by atoms with Crippen molar-refractivity contribution in [1.29, 1.82) is 0 Å². The Morgan fingerprint density at radius 1 is 1.24 bits per heavy atom. The van der Waals surface area contributed by atoms with Crippen LogP contribution in [0.1, 0.15) is 20.8 Å². The summed E-state index contributed by atoms with van der Waals surface area (Å²) in [6.45, 7) is 4.54. The van der Waals surface area contributed by atoms with E-state index in [-0.39, 0.29) is 27.8 Å². The van der Waals surface area contributed by atoms with Gasteiger partial charge < -0.3 is 10.1 Å². The highest BCUT2D eigenvalue weighted by Crippen LogP contribution is 2.27. The first kappa shape index (κ1) is 17.7. The van der Waals surface area contributed by atoms with E-state index in [4.69, 9.17) is 4.74 Å². The molecule has 1 amide bonds. The zero-order valence-corrected chi connectivity index (χ0v) is 12.9. The van der Waals surface area contributed by atoms with Crippen LogP contribution in [-0.2, 0) is 4.79 Å². The van der Waals surface area contributed by atoms with Gasteiger partial charge in [0, 0.05) is 4.75 Å². The van der Waals surface area contributed by atoms with Gasteiger partial charge in [0.1, 0.15) is 5.75 Å². The Kier molecular flexibility index (Phi) is 5.95. The molecular formula is C14H18F3NO2S. The summed E-state index contributed by atoms with van der Waals surface area (Å²) in [5.41, 5.74) is 0.237. The number of para-hydroxylation sites is 2. The molecule has 7 heteroatoms. The standard InChI is InChI=1S/C14H18F3NO2S/c1-13(2,3)21-8-12(19)18-10-6-4-5-7-11(10)20-9-14(15,16)17/h4-7H,8-9H2,1-3H3,(H,18,19). The first-order valence-electron chi connectivity index (χ1n) is 6.29. The van der Waals surface area contributed by atoms with Crippen LogP contribution in [0.2, 0.25) is 0 Å². The van der Waals surface area contributed by atoms with Gasteiger partial charge in [0.2, 0.25) is 5.91 Å². The summed E-state index contributed by atoms with van der Waals surface area (Å²) < 4.78 is 41.2. The van der Waals surface area contributed by atoms with Gasteiger partial charge in [-0.15, -0.1) is 11.8 Å². The fourth-order valence-electron chi connectivity index (χ4n) is 1.32. The molecule has 0 aromatic heterocycles. The first-order chi connectivity index (χ1) is 9.57. The third-order valence-electron chi connectivity index (χ3n) is 2.19. The van der Waals surface area contributed by atoms with Gasteiger partial charge in [-0.05, 0) is 12.1 Å². The molecule has 0 aliphatic rings. The predicted octanol–water partition coefficient (Wildman–Crippen LogP) is 4.10. The van der Waals surface area contributed by atoms with Crippen molar-refractivity contribution >= 4 is 23.4 Å². The molecule has 0 saturated heterocycles. The molecule has 0 atom stereocenters. The number of carbonyl (C=O) groups is 1. The molecule has 1 rings (SSSR count). The van der Waals surface area contributed by atoms with Gasteiger partial charge in [0.05, 0.1) is 11.4 Å². The Morgan fingerprint density at radius 3 is 2.43 bits per heavy atom. The summed E-state index contributed by atoms with van der Waals surface area (Å²) in [7, 11) is 0. The number of ether oxygens (including phenoxy) is 1. The van der Waals surface area contributed by atoms with E-state index in [0.29, 0.717) is 0 Å². The van der Waals surface area contributed by atoms with E-state index < -0.39 is 12.8 Å². The molecule has 0 fully saturated rings. The molecule has 118 valence electrons. The number of rotatable bonds is 5. The van der Waals surface area contributed by atoms with Crippen molar-refractivity contribution in [2.24, 2.45) is 0 Å².